The van der Waals surface area contributed by atoms with Crippen LogP contribution >= 0.6 is 11.6 Å². The van der Waals surface area contributed by atoms with Gasteiger partial charge in [0.1, 0.15) is 5.69 Å². The SMILES string of the molecule is COCCCNc1ccnc(C(=O)NCCc2ccc(Cl)cc2)c1. The molecule has 24 heavy (non-hydrogen) atoms. The van der Waals surface area contributed by atoms with Crippen LogP contribution in [0.5, 0.6) is 0 Å². The first-order valence-electron chi connectivity index (χ1n) is 7.90. The van der Waals surface area contributed by atoms with E-state index in [1.165, 1.54) is 0 Å². The van der Waals surface area contributed by atoms with Crippen LogP contribution in [0.15, 0.2) is 42.6 Å². The molecule has 0 spiro atoms. The fraction of sp³-hybridized carbons (Fsp3) is 0.333. The number of pyridine rings is 1. The molecule has 6 heteroatoms. The molecule has 0 saturated heterocycles. The number of halogens is 1. The minimum atomic E-state index is -0.176. The van der Waals surface area contributed by atoms with E-state index in [1.807, 2.05) is 30.3 Å². The topological polar surface area (TPSA) is 63.2 Å². The highest BCUT2D eigenvalue weighted by Crippen LogP contribution is 2.10. The molecule has 1 aromatic heterocycles. The van der Waals surface area contributed by atoms with E-state index in [4.69, 9.17) is 16.3 Å². The first kappa shape index (κ1) is 18.2. The van der Waals surface area contributed by atoms with E-state index >= 15 is 0 Å². The first-order valence-corrected chi connectivity index (χ1v) is 8.28. The number of carbonyl (C=O) groups is 1. The van der Waals surface area contributed by atoms with Crippen LogP contribution in [0.1, 0.15) is 22.5 Å². The molecule has 0 aliphatic carbocycles. The Morgan fingerprint density at radius 1 is 1.21 bits per heavy atom. The monoisotopic (exact) mass is 347 g/mol. The van der Waals surface area contributed by atoms with Gasteiger partial charge in [-0.2, -0.15) is 0 Å². The van der Waals surface area contributed by atoms with E-state index in [9.17, 15) is 4.79 Å². The van der Waals surface area contributed by atoms with Gasteiger partial charge in [0.15, 0.2) is 0 Å². The predicted octanol–water partition coefficient (Wildman–Crippen LogP) is 3.16. The number of aromatic nitrogens is 1. The Kier molecular flexibility index (Phi) is 7.52. The zero-order valence-electron chi connectivity index (χ0n) is 13.7. The third-order valence-electron chi connectivity index (χ3n) is 3.46. The summed E-state index contributed by atoms with van der Waals surface area (Å²) in [7, 11) is 1.68. The third kappa shape index (κ3) is 6.18. The van der Waals surface area contributed by atoms with Crippen molar-refractivity contribution in [1.82, 2.24) is 10.3 Å². The molecule has 0 aliphatic heterocycles. The van der Waals surface area contributed by atoms with Gasteiger partial charge in [0, 0.05) is 43.7 Å². The second-order valence-corrected chi connectivity index (χ2v) is 5.77. The smallest absolute Gasteiger partial charge is 0.269 e. The summed E-state index contributed by atoms with van der Waals surface area (Å²) in [5.74, 6) is -0.176. The Hall–Kier alpha value is -2.11. The molecular formula is C18H22ClN3O2. The molecule has 2 aromatic rings. The van der Waals surface area contributed by atoms with Crippen LogP contribution in [0.2, 0.25) is 5.02 Å². The molecule has 0 atom stereocenters. The summed E-state index contributed by atoms with van der Waals surface area (Å²) in [4.78, 5) is 16.3. The Morgan fingerprint density at radius 3 is 2.75 bits per heavy atom. The summed E-state index contributed by atoms with van der Waals surface area (Å²) >= 11 is 5.85. The van der Waals surface area contributed by atoms with Gasteiger partial charge in [0.25, 0.3) is 5.91 Å². The number of benzene rings is 1. The van der Waals surface area contributed by atoms with Crippen LogP contribution in [0, 0.1) is 0 Å². The predicted molar refractivity (Wildman–Crippen MR) is 96.7 cm³/mol. The molecule has 2 N–H and O–H groups in total. The molecule has 1 amide bonds. The summed E-state index contributed by atoms with van der Waals surface area (Å²) in [6, 6.07) is 11.2. The van der Waals surface area contributed by atoms with E-state index in [1.54, 1.807) is 19.4 Å². The van der Waals surface area contributed by atoms with Crippen molar-refractivity contribution >= 4 is 23.2 Å². The van der Waals surface area contributed by atoms with Crippen molar-refractivity contribution in [2.24, 2.45) is 0 Å². The number of methoxy groups -OCH3 is 1. The fourth-order valence-electron chi connectivity index (χ4n) is 2.18. The quantitative estimate of drug-likeness (QED) is 0.684. The number of nitrogens with zero attached hydrogens (tertiary/aromatic N) is 1. The molecule has 128 valence electrons. The van der Waals surface area contributed by atoms with Crippen molar-refractivity contribution in [3.63, 3.8) is 0 Å². The maximum absolute atomic E-state index is 12.2. The summed E-state index contributed by atoms with van der Waals surface area (Å²) in [5.41, 5.74) is 2.41. The standard InChI is InChI=1S/C18H22ClN3O2/c1-24-12-2-9-20-16-8-11-21-17(13-16)18(23)22-10-7-14-3-5-15(19)6-4-14/h3-6,8,11,13H,2,7,9-10,12H2,1H3,(H,20,21)(H,22,23). The van der Waals surface area contributed by atoms with Crippen molar-refractivity contribution in [3.05, 3.63) is 58.9 Å². The highest BCUT2D eigenvalue weighted by atomic mass is 35.5. The molecule has 0 unspecified atom stereocenters. The lowest BCUT2D eigenvalue weighted by Crippen LogP contribution is -2.26. The van der Waals surface area contributed by atoms with Crippen LogP contribution in [0.3, 0.4) is 0 Å². The first-order chi connectivity index (χ1) is 11.7. The van der Waals surface area contributed by atoms with E-state index < -0.39 is 0 Å². The third-order valence-corrected chi connectivity index (χ3v) is 3.71. The summed E-state index contributed by atoms with van der Waals surface area (Å²) < 4.78 is 5.01. The van der Waals surface area contributed by atoms with Gasteiger partial charge in [-0.1, -0.05) is 23.7 Å². The number of anilines is 1. The highest BCUT2D eigenvalue weighted by molar-refractivity contribution is 6.30. The second-order valence-electron chi connectivity index (χ2n) is 5.34. The van der Waals surface area contributed by atoms with Gasteiger partial charge in [-0.25, -0.2) is 0 Å². The number of nitrogens with one attached hydrogen (secondary N) is 2. The molecule has 0 bridgehead atoms. The summed E-state index contributed by atoms with van der Waals surface area (Å²) in [6.45, 7) is 2.04. The number of rotatable bonds is 9. The van der Waals surface area contributed by atoms with Crippen LogP contribution in [0.4, 0.5) is 5.69 Å². The average molecular weight is 348 g/mol. The maximum atomic E-state index is 12.2. The minimum absolute atomic E-state index is 0.176. The number of carbonyl (C=O) groups excluding carboxylic acids is 1. The Bertz CT molecular complexity index is 647. The van der Waals surface area contributed by atoms with Gasteiger partial charge in [0.2, 0.25) is 0 Å². The number of ether oxygens (including phenoxy) is 1. The van der Waals surface area contributed by atoms with Crippen LogP contribution in [0.25, 0.3) is 0 Å². The highest BCUT2D eigenvalue weighted by Gasteiger charge is 2.07. The largest absolute Gasteiger partial charge is 0.385 e. The second kappa shape index (κ2) is 9.90. The van der Waals surface area contributed by atoms with Gasteiger partial charge in [-0.3, -0.25) is 9.78 Å². The molecule has 1 heterocycles. The molecule has 0 fully saturated rings. The van der Waals surface area contributed by atoms with Crippen molar-refractivity contribution < 1.29 is 9.53 Å². The zero-order valence-corrected chi connectivity index (χ0v) is 14.5. The van der Waals surface area contributed by atoms with Gasteiger partial charge >= 0.3 is 0 Å². The van der Waals surface area contributed by atoms with Crippen LogP contribution in [-0.4, -0.2) is 37.7 Å². The van der Waals surface area contributed by atoms with Gasteiger partial charge in [-0.15, -0.1) is 0 Å². The van der Waals surface area contributed by atoms with Gasteiger partial charge < -0.3 is 15.4 Å². The Balaban J connectivity index is 1.80. The molecule has 0 aliphatic rings. The van der Waals surface area contributed by atoms with Gasteiger partial charge in [0.05, 0.1) is 0 Å². The number of hydrogen-bond donors (Lipinski definition) is 2. The fourth-order valence-corrected chi connectivity index (χ4v) is 2.30. The van der Waals surface area contributed by atoms with Crippen LogP contribution in [-0.2, 0) is 11.2 Å². The van der Waals surface area contributed by atoms with E-state index in [0.29, 0.717) is 23.9 Å². The Morgan fingerprint density at radius 2 is 2.00 bits per heavy atom. The van der Waals surface area contributed by atoms with E-state index in [0.717, 1.165) is 30.6 Å². The normalized spacial score (nSPS) is 10.4. The lowest BCUT2D eigenvalue weighted by molar-refractivity contribution is 0.0949. The van der Waals surface area contributed by atoms with Crippen molar-refractivity contribution in [2.45, 2.75) is 12.8 Å². The Labute approximate surface area is 147 Å². The molecule has 1 aromatic carbocycles. The molecule has 0 radical (unpaired) electrons. The molecule has 5 nitrogen and oxygen atoms in total. The number of hydrogen-bond acceptors (Lipinski definition) is 4. The molecule has 0 saturated carbocycles. The average Bonchev–Trinajstić information content (AvgIpc) is 2.61. The van der Waals surface area contributed by atoms with Crippen LogP contribution < -0.4 is 10.6 Å². The van der Waals surface area contributed by atoms with Crippen molar-refractivity contribution in [1.29, 1.82) is 0 Å². The van der Waals surface area contributed by atoms with Crippen molar-refractivity contribution in [3.8, 4) is 0 Å². The van der Waals surface area contributed by atoms with E-state index in [2.05, 4.69) is 15.6 Å². The maximum Gasteiger partial charge on any atom is 0.269 e. The summed E-state index contributed by atoms with van der Waals surface area (Å²) in [6.07, 6.45) is 3.28. The lowest BCUT2D eigenvalue weighted by Gasteiger charge is -2.08. The van der Waals surface area contributed by atoms with Gasteiger partial charge in [-0.05, 0) is 42.7 Å². The lowest BCUT2D eigenvalue weighted by atomic mass is 10.1. The number of amides is 1. The summed E-state index contributed by atoms with van der Waals surface area (Å²) in [5, 5.41) is 6.84. The minimum Gasteiger partial charge on any atom is -0.385 e. The van der Waals surface area contributed by atoms with Crippen molar-refractivity contribution in [2.75, 3.05) is 32.1 Å². The molecular weight excluding hydrogens is 326 g/mol. The zero-order chi connectivity index (χ0) is 17.2. The van der Waals surface area contributed by atoms with E-state index in [-0.39, 0.29) is 5.91 Å². The molecule has 2 rings (SSSR count).